The van der Waals surface area contributed by atoms with Crippen LogP contribution in [0.4, 0.5) is 5.69 Å². The summed E-state index contributed by atoms with van der Waals surface area (Å²) < 4.78 is 10.9. The van der Waals surface area contributed by atoms with E-state index in [0.29, 0.717) is 11.4 Å². The van der Waals surface area contributed by atoms with Crippen molar-refractivity contribution < 1.29 is 19.1 Å². The highest BCUT2D eigenvalue weighted by Gasteiger charge is 2.37. The van der Waals surface area contributed by atoms with E-state index in [4.69, 9.17) is 9.47 Å². The third kappa shape index (κ3) is 3.22. The molecular formula is C20H21NO4. The van der Waals surface area contributed by atoms with Gasteiger partial charge >= 0.3 is 5.97 Å². The molecule has 5 nitrogen and oxygen atoms in total. The van der Waals surface area contributed by atoms with Gasteiger partial charge in [-0.15, -0.1) is 0 Å². The van der Waals surface area contributed by atoms with Crippen molar-refractivity contribution in [1.29, 1.82) is 0 Å². The molecule has 0 aromatic heterocycles. The van der Waals surface area contributed by atoms with Gasteiger partial charge in [0.15, 0.2) is 0 Å². The lowest BCUT2D eigenvalue weighted by Gasteiger charge is -2.35. The summed E-state index contributed by atoms with van der Waals surface area (Å²) in [5.41, 5.74) is 2.36. The molecule has 1 unspecified atom stereocenters. The zero-order valence-corrected chi connectivity index (χ0v) is 14.6. The number of nitrogens with zero attached hydrogens (tertiary/aromatic N) is 1. The Labute approximate surface area is 147 Å². The van der Waals surface area contributed by atoms with E-state index >= 15 is 0 Å². The minimum atomic E-state index is -0.779. The SMILES string of the molecule is COC(=O)CN1C(=O)C(c2ccccc2)Oc2c(C(C)C)cccc21. The number of anilines is 1. The molecule has 130 valence electrons. The molecule has 1 heterocycles. The van der Waals surface area contributed by atoms with Crippen LogP contribution in [0.15, 0.2) is 48.5 Å². The van der Waals surface area contributed by atoms with Crippen LogP contribution in [-0.2, 0) is 14.3 Å². The highest BCUT2D eigenvalue weighted by Crippen LogP contribution is 2.43. The van der Waals surface area contributed by atoms with Crippen molar-refractivity contribution in [2.75, 3.05) is 18.6 Å². The molecule has 1 amide bonds. The average Bonchev–Trinajstić information content (AvgIpc) is 2.63. The number of fused-ring (bicyclic) bond motifs is 1. The molecule has 1 aliphatic heterocycles. The fourth-order valence-corrected chi connectivity index (χ4v) is 2.96. The highest BCUT2D eigenvalue weighted by atomic mass is 16.5. The van der Waals surface area contributed by atoms with E-state index in [1.165, 1.54) is 12.0 Å². The standard InChI is InChI=1S/C20H21NO4/c1-13(2)15-10-7-11-16-19(15)25-18(14-8-5-4-6-9-14)20(23)21(16)12-17(22)24-3/h4-11,13,18H,12H2,1-3H3. The maximum atomic E-state index is 13.0. The van der Waals surface area contributed by atoms with Crippen molar-refractivity contribution in [3.63, 3.8) is 0 Å². The zero-order valence-electron chi connectivity index (χ0n) is 14.6. The van der Waals surface area contributed by atoms with Crippen LogP contribution in [-0.4, -0.2) is 25.5 Å². The molecule has 3 rings (SSSR count). The Hall–Kier alpha value is -2.82. The minimum absolute atomic E-state index is 0.142. The molecule has 0 saturated heterocycles. The second-order valence-corrected chi connectivity index (χ2v) is 6.26. The van der Waals surface area contributed by atoms with Gasteiger partial charge in [-0.05, 0) is 17.5 Å². The first-order chi connectivity index (χ1) is 12.0. The quantitative estimate of drug-likeness (QED) is 0.801. The second-order valence-electron chi connectivity index (χ2n) is 6.26. The fourth-order valence-electron chi connectivity index (χ4n) is 2.96. The van der Waals surface area contributed by atoms with E-state index in [1.54, 1.807) is 6.07 Å². The largest absolute Gasteiger partial charge is 0.473 e. The number of hydrogen-bond acceptors (Lipinski definition) is 4. The number of benzene rings is 2. The fraction of sp³-hybridized carbons (Fsp3) is 0.300. The normalized spacial score (nSPS) is 16.4. The van der Waals surface area contributed by atoms with Gasteiger partial charge in [0, 0.05) is 5.56 Å². The Morgan fingerprint density at radius 2 is 1.88 bits per heavy atom. The van der Waals surface area contributed by atoms with Crippen LogP contribution in [0.1, 0.15) is 37.0 Å². The van der Waals surface area contributed by atoms with Crippen LogP contribution in [0, 0.1) is 0 Å². The van der Waals surface area contributed by atoms with Gasteiger partial charge < -0.3 is 9.47 Å². The zero-order chi connectivity index (χ0) is 18.0. The van der Waals surface area contributed by atoms with E-state index in [2.05, 4.69) is 13.8 Å². The summed E-state index contributed by atoms with van der Waals surface area (Å²) in [6, 6.07) is 15.0. The predicted octanol–water partition coefficient (Wildman–Crippen LogP) is 3.45. The van der Waals surface area contributed by atoms with Gasteiger partial charge in [0.25, 0.3) is 5.91 Å². The highest BCUT2D eigenvalue weighted by molar-refractivity contribution is 6.03. The van der Waals surface area contributed by atoms with Gasteiger partial charge in [0.1, 0.15) is 12.3 Å². The molecule has 25 heavy (non-hydrogen) atoms. The number of rotatable bonds is 4. The van der Waals surface area contributed by atoms with Crippen molar-refractivity contribution in [3.05, 3.63) is 59.7 Å². The van der Waals surface area contributed by atoms with Crippen molar-refractivity contribution in [1.82, 2.24) is 0 Å². The number of esters is 1. The van der Waals surface area contributed by atoms with E-state index in [1.807, 2.05) is 42.5 Å². The number of ether oxygens (including phenoxy) is 2. The van der Waals surface area contributed by atoms with E-state index in [-0.39, 0.29) is 18.4 Å². The average molecular weight is 339 g/mol. The monoisotopic (exact) mass is 339 g/mol. The van der Waals surface area contributed by atoms with Gasteiger partial charge in [-0.1, -0.05) is 56.3 Å². The smallest absolute Gasteiger partial charge is 0.325 e. The number of hydrogen-bond donors (Lipinski definition) is 0. The third-order valence-corrected chi connectivity index (χ3v) is 4.28. The summed E-state index contributed by atoms with van der Waals surface area (Å²) in [4.78, 5) is 26.3. The van der Waals surface area contributed by atoms with Crippen LogP contribution in [0.5, 0.6) is 5.75 Å². The van der Waals surface area contributed by atoms with Crippen LogP contribution >= 0.6 is 0 Å². The molecule has 2 aromatic carbocycles. The number of para-hydroxylation sites is 1. The lowest BCUT2D eigenvalue weighted by Crippen LogP contribution is -2.44. The predicted molar refractivity (Wildman–Crippen MR) is 94.7 cm³/mol. The first kappa shape index (κ1) is 17.0. The Bertz CT molecular complexity index is 786. The van der Waals surface area contributed by atoms with Gasteiger partial charge in [0.2, 0.25) is 6.10 Å². The minimum Gasteiger partial charge on any atom is -0.473 e. The third-order valence-electron chi connectivity index (χ3n) is 4.28. The summed E-state index contributed by atoms with van der Waals surface area (Å²) in [5.74, 6) is 0.127. The van der Waals surface area contributed by atoms with Crippen molar-refractivity contribution in [2.45, 2.75) is 25.9 Å². The molecule has 0 radical (unpaired) electrons. The summed E-state index contributed by atoms with van der Waals surface area (Å²) in [6.07, 6.45) is -0.779. The number of carbonyl (C=O) groups excluding carboxylic acids is 2. The van der Waals surface area contributed by atoms with Crippen LogP contribution in [0.25, 0.3) is 0 Å². The second kappa shape index (κ2) is 6.97. The van der Waals surface area contributed by atoms with Gasteiger partial charge in [-0.2, -0.15) is 0 Å². The number of methoxy groups -OCH3 is 1. The van der Waals surface area contributed by atoms with Crippen LogP contribution < -0.4 is 9.64 Å². The molecule has 0 fully saturated rings. The maximum absolute atomic E-state index is 13.0. The van der Waals surface area contributed by atoms with Crippen molar-refractivity contribution in [3.8, 4) is 5.75 Å². The van der Waals surface area contributed by atoms with E-state index < -0.39 is 12.1 Å². The molecule has 1 atom stereocenters. The molecule has 0 saturated carbocycles. The number of carbonyl (C=O) groups is 2. The Kier molecular flexibility index (Phi) is 4.74. The van der Waals surface area contributed by atoms with Gasteiger partial charge in [-0.3, -0.25) is 14.5 Å². The topological polar surface area (TPSA) is 55.8 Å². The summed E-state index contributed by atoms with van der Waals surface area (Å²) >= 11 is 0. The first-order valence-electron chi connectivity index (χ1n) is 8.25. The van der Waals surface area contributed by atoms with Crippen molar-refractivity contribution in [2.24, 2.45) is 0 Å². The van der Waals surface area contributed by atoms with E-state index in [9.17, 15) is 9.59 Å². The Morgan fingerprint density at radius 3 is 2.52 bits per heavy atom. The molecule has 5 heteroatoms. The molecule has 0 bridgehead atoms. The summed E-state index contributed by atoms with van der Waals surface area (Å²) in [5, 5.41) is 0. The van der Waals surface area contributed by atoms with Gasteiger partial charge in [-0.25, -0.2) is 0 Å². The van der Waals surface area contributed by atoms with Crippen LogP contribution in [0.2, 0.25) is 0 Å². The lowest BCUT2D eigenvalue weighted by molar-refractivity contribution is -0.140. The molecule has 0 aliphatic carbocycles. The summed E-state index contributed by atoms with van der Waals surface area (Å²) in [6.45, 7) is 3.99. The molecule has 1 aliphatic rings. The maximum Gasteiger partial charge on any atom is 0.325 e. The number of amides is 1. The molecular weight excluding hydrogens is 318 g/mol. The molecule has 0 N–H and O–H groups in total. The molecule has 2 aromatic rings. The summed E-state index contributed by atoms with van der Waals surface area (Å²) in [7, 11) is 1.31. The first-order valence-corrected chi connectivity index (χ1v) is 8.25. The molecule has 0 spiro atoms. The van der Waals surface area contributed by atoms with E-state index in [0.717, 1.165) is 11.1 Å². The Morgan fingerprint density at radius 1 is 1.16 bits per heavy atom. The lowest BCUT2D eigenvalue weighted by atomic mass is 9.98. The van der Waals surface area contributed by atoms with Crippen molar-refractivity contribution >= 4 is 17.6 Å². The van der Waals surface area contributed by atoms with Crippen LogP contribution in [0.3, 0.4) is 0 Å². The van der Waals surface area contributed by atoms with Gasteiger partial charge in [0.05, 0.1) is 12.8 Å². The Balaban J connectivity index is 2.11.